The van der Waals surface area contributed by atoms with E-state index in [-0.39, 0.29) is 6.61 Å². The van der Waals surface area contributed by atoms with Crippen molar-refractivity contribution < 1.29 is 9.84 Å². The van der Waals surface area contributed by atoms with Gasteiger partial charge in [-0.3, -0.25) is 4.90 Å². The van der Waals surface area contributed by atoms with Crippen LogP contribution in [0.3, 0.4) is 0 Å². The SMILES string of the molecule is COC1CCN(Cc2ccc(CO)cc2)C(CN)C1. The molecule has 1 saturated heterocycles. The van der Waals surface area contributed by atoms with Crippen molar-refractivity contribution in [3.05, 3.63) is 35.4 Å². The summed E-state index contributed by atoms with van der Waals surface area (Å²) in [5, 5.41) is 9.05. The summed E-state index contributed by atoms with van der Waals surface area (Å²) >= 11 is 0. The number of benzene rings is 1. The Morgan fingerprint density at radius 3 is 2.58 bits per heavy atom. The van der Waals surface area contributed by atoms with E-state index >= 15 is 0 Å². The molecule has 1 heterocycles. The zero-order valence-corrected chi connectivity index (χ0v) is 11.6. The van der Waals surface area contributed by atoms with Gasteiger partial charge in [0, 0.05) is 32.8 Å². The zero-order chi connectivity index (χ0) is 13.7. The fourth-order valence-corrected chi connectivity index (χ4v) is 2.71. The number of aliphatic hydroxyl groups excluding tert-OH is 1. The lowest BCUT2D eigenvalue weighted by molar-refractivity contribution is 0.0102. The van der Waals surface area contributed by atoms with Gasteiger partial charge in [-0.15, -0.1) is 0 Å². The highest BCUT2D eigenvalue weighted by Crippen LogP contribution is 2.21. The summed E-state index contributed by atoms with van der Waals surface area (Å²) in [5.41, 5.74) is 8.11. The second kappa shape index (κ2) is 7.01. The second-order valence-corrected chi connectivity index (χ2v) is 5.22. The summed E-state index contributed by atoms with van der Waals surface area (Å²) in [5.74, 6) is 0. The van der Waals surface area contributed by atoms with Gasteiger partial charge < -0.3 is 15.6 Å². The van der Waals surface area contributed by atoms with E-state index in [0.717, 1.165) is 31.5 Å². The van der Waals surface area contributed by atoms with E-state index in [9.17, 15) is 0 Å². The van der Waals surface area contributed by atoms with E-state index in [1.165, 1.54) is 5.56 Å². The molecule has 0 spiro atoms. The minimum atomic E-state index is 0.102. The first-order chi connectivity index (χ1) is 9.26. The van der Waals surface area contributed by atoms with E-state index < -0.39 is 0 Å². The minimum Gasteiger partial charge on any atom is -0.392 e. The molecule has 2 unspecified atom stereocenters. The number of rotatable bonds is 5. The zero-order valence-electron chi connectivity index (χ0n) is 11.6. The fraction of sp³-hybridized carbons (Fsp3) is 0.600. The van der Waals surface area contributed by atoms with Crippen LogP contribution < -0.4 is 5.73 Å². The number of aliphatic hydroxyl groups is 1. The predicted octanol–water partition coefficient (Wildman–Crippen LogP) is 1.12. The Bertz CT molecular complexity index is 380. The molecule has 1 fully saturated rings. The molecule has 1 aliphatic rings. The van der Waals surface area contributed by atoms with Crippen LogP contribution in [0.1, 0.15) is 24.0 Å². The molecule has 19 heavy (non-hydrogen) atoms. The Hall–Kier alpha value is -0.940. The molecule has 1 aromatic rings. The van der Waals surface area contributed by atoms with Crippen LogP contribution in [0.5, 0.6) is 0 Å². The fourth-order valence-electron chi connectivity index (χ4n) is 2.71. The summed E-state index contributed by atoms with van der Waals surface area (Å²) in [4.78, 5) is 2.43. The standard InChI is InChI=1S/C15H24N2O2/c1-19-15-6-7-17(14(8-15)9-16)10-12-2-4-13(11-18)5-3-12/h2-5,14-15,18H,6-11,16H2,1H3. The van der Waals surface area contributed by atoms with Gasteiger partial charge in [-0.2, -0.15) is 0 Å². The Kier molecular flexibility index (Phi) is 5.34. The molecule has 2 atom stereocenters. The Morgan fingerprint density at radius 1 is 1.32 bits per heavy atom. The summed E-state index contributed by atoms with van der Waals surface area (Å²) in [6.07, 6.45) is 2.44. The number of methoxy groups -OCH3 is 1. The van der Waals surface area contributed by atoms with Crippen LogP contribution >= 0.6 is 0 Å². The molecular weight excluding hydrogens is 240 g/mol. The van der Waals surface area contributed by atoms with Crippen molar-refractivity contribution in [3.8, 4) is 0 Å². The molecule has 106 valence electrons. The van der Waals surface area contributed by atoms with Crippen molar-refractivity contribution >= 4 is 0 Å². The summed E-state index contributed by atoms with van der Waals surface area (Å²) in [6, 6.07) is 8.53. The van der Waals surface area contributed by atoms with Crippen LogP contribution in [0.25, 0.3) is 0 Å². The largest absolute Gasteiger partial charge is 0.392 e. The van der Waals surface area contributed by atoms with E-state index in [2.05, 4.69) is 17.0 Å². The van der Waals surface area contributed by atoms with E-state index in [1.54, 1.807) is 7.11 Å². The first-order valence-electron chi connectivity index (χ1n) is 6.92. The molecule has 0 bridgehead atoms. The van der Waals surface area contributed by atoms with Gasteiger partial charge in [-0.1, -0.05) is 24.3 Å². The maximum Gasteiger partial charge on any atom is 0.0681 e. The van der Waals surface area contributed by atoms with Crippen molar-refractivity contribution in [2.45, 2.75) is 38.1 Å². The van der Waals surface area contributed by atoms with Crippen LogP contribution in [-0.2, 0) is 17.9 Å². The van der Waals surface area contributed by atoms with Crippen LogP contribution in [0.15, 0.2) is 24.3 Å². The van der Waals surface area contributed by atoms with E-state index in [4.69, 9.17) is 15.6 Å². The molecule has 4 heteroatoms. The summed E-state index contributed by atoms with van der Waals surface area (Å²) in [7, 11) is 1.78. The average molecular weight is 264 g/mol. The maximum absolute atomic E-state index is 9.05. The third-order valence-corrected chi connectivity index (χ3v) is 3.99. The lowest BCUT2D eigenvalue weighted by Gasteiger charge is -2.38. The van der Waals surface area contributed by atoms with Crippen LogP contribution in [0, 0.1) is 0 Å². The molecule has 3 N–H and O–H groups in total. The minimum absolute atomic E-state index is 0.102. The number of hydrogen-bond donors (Lipinski definition) is 2. The number of ether oxygens (including phenoxy) is 1. The highest BCUT2D eigenvalue weighted by atomic mass is 16.5. The lowest BCUT2D eigenvalue weighted by Crippen LogP contribution is -2.47. The maximum atomic E-state index is 9.05. The molecule has 1 aliphatic heterocycles. The monoisotopic (exact) mass is 264 g/mol. The van der Waals surface area contributed by atoms with Gasteiger partial charge in [0.05, 0.1) is 12.7 Å². The lowest BCUT2D eigenvalue weighted by atomic mass is 9.98. The molecular formula is C15H24N2O2. The van der Waals surface area contributed by atoms with Crippen molar-refractivity contribution in [1.82, 2.24) is 4.90 Å². The number of piperidine rings is 1. The van der Waals surface area contributed by atoms with Gasteiger partial charge in [-0.25, -0.2) is 0 Å². The highest BCUT2D eigenvalue weighted by molar-refractivity contribution is 5.22. The van der Waals surface area contributed by atoms with Gasteiger partial charge in [0.15, 0.2) is 0 Å². The molecule has 1 aromatic carbocycles. The predicted molar refractivity (Wildman–Crippen MR) is 75.6 cm³/mol. The van der Waals surface area contributed by atoms with E-state index in [0.29, 0.717) is 18.7 Å². The van der Waals surface area contributed by atoms with Crippen LogP contribution in [0.4, 0.5) is 0 Å². The molecule has 0 aliphatic carbocycles. The Labute approximate surface area is 115 Å². The van der Waals surface area contributed by atoms with Crippen LogP contribution in [-0.4, -0.2) is 42.4 Å². The highest BCUT2D eigenvalue weighted by Gasteiger charge is 2.27. The third-order valence-electron chi connectivity index (χ3n) is 3.99. The topological polar surface area (TPSA) is 58.7 Å². The number of nitrogens with zero attached hydrogens (tertiary/aromatic N) is 1. The quantitative estimate of drug-likeness (QED) is 0.836. The Balaban J connectivity index is 1.96. The second-order valence-electron chi connectivity index (χ2n) is 5.22. The smallest absolute Gasteiger partial charge is 0.0681 e. The molecule has 0 saturated carbocycles. The molecule has 0 amide bonds. The first-order valence-corrected chi connectivity index (χ1v) is 6.92. The van der Waals surface area contributed by atoms with Crippen molar-refractivity contribution in [2.75, 3.05) is 20.2 Å². The Morgan fingerprint density at radius 2 is 2.00 bits per heavy atom. The van der Waals surface area contributed by atoms with Gasteiger partial charge >= 0.3 is 0 Å². The number of likely N-dealkylation sites (tertiary alicyclic amines) is 1. The number of nitrogens with two attached hydrogens (primary N) is 1. The average Bonchev–Trinajstić information content (AvgIpc) is 2.48. The first kappa shape index (κ1) is 14.5. The van der Waals surface area contributed by atoms with Gasteiger partial charge in [0.2, 0.25) is 0 Å². The van der Waals surface area contributed by atoms with Crippen molar-refractivity contribution in [3.63, 3.8) is 0 Å². The van der Waals surface area contributed by atoms with Crippen molar-refractivity contribution in [1.29, 1.82) is 0 Å². The number of hydrogen-bond acceptors (Lipinski definition) is 4. The van der Waals surface area contributed by atoms with Gasteiger partial charge in [0.1, 0.15) is 0 Å². The van der Waals surface area contributed by atoms with Crippen molar-refractivity contribution in [2.24, 2.45) is 5.73 Å². The third kappa shape index (κ3) is 3.76. The molecule has 0 radical (unpaired) electrons. The molecule has 0 aromatic heterocycles. The summed E-state index contributed by atoms with van der Waals surface area (Å²) < 4.78 is 5.44. The molecule has 4 nitrogen and oxygen atoms in total. The van der Waals surface area contributed by atoms with Crippen LogP contribution in [0.2, 0.25) is 0 Å². The van der Waals surface area contributed by atoms with Gasteiger partial charge in [0.25, 0.3) is 0 Å². The molecule has 2 rings (SSSR count). The normalized spacial score (nSPS) is 24.6. The van der Waals surface area contributed by atoms with Gasteiger partial charge in [-0.05, 0) is 24.0 Å². The van der Waals surface area contributed by atoms with E-state index in [1.807, 2.05) is 12.1 Å². The summed E-state index contributed by atoms with van der Waals surface area (Å²) in [6.45, 7) is 2.73.